The third-order valence-corrected chi connectivity index (χ3v) is 5.22. The van der Waals surface area contributed by atoms with Crippen LogP contribution in [0, 0.1) is 11.8 Å². The number of nitrogens with one attached hydrogen (secondary N) is 1. The predicted octanol–water partition coefficient (Wildman–Crippen LogP) is 5.22. The summed E-state index contributed by atoms with van der Waals surface area (Å²) in [4.78, 5) is 12.7. The molecule has 0 aromatic heterocycles. The van der Waals surface area contributed by atoms with Crippen molar-refractivity contribution in [3.8, 4) is 0 Å². The van der Waals surface area contributed by atoms with E-state index in [1.165, 1.54) is 0 Å². The number of carbonyl (C=O) groups is 1. The normalized spacial score (nSPS) is 27.9. The van der Waals surface area contributed by atoms with Gasteiger partial charge in [0, 0.05) is 34.0 Å². The highest BCUT2D eigenvalue weighted by Gasteiger charge is 2.40. The van der Waals surface area contributed by atoms with Crippen molar-refractivity contribution in [1.82, 2.24) is 5.32 Å². The summed E-state index contributed by atoms with van der Waals surface area (Å²) in [5, 5.41) is 5.05. The van der Waals surface area contributed by atoms with Gasteiger partial charge in [-0.25, -0.2) is 0 Å². The molecule has 0 spiro atoms. The van der Waals surface area contributed by atoms with Gasteiger partial charge in [-0.2, -0.15) is 0 Å². The highest BCUT2D eigenvalue weighted by Crippen LogP contribution is 2.38. The van der Waals surface area contributed by atoms with E-state index in [-0.39, 0.29) is 29.7 Å². The lowest BCUT2D eigenvalue weighted by molar-refractivity contribution is -0.130. The topological polar surface area (TPSA) is 29.1 Å². The SMILES string of the molecule is C[C@@H]1C(=O)[C@@H](C)[C@@H](c2ccc(Cl)cc2)N[C@@H]1c1ccc(Cl)cc1. The van der Waals surface area contributed by atoms with Crippen molar-refractivity contribution in [2.75, 3.05) is 0 Å². The lowest BCUT2D eigenvalue weighted by Crippen LogP contribution is -2.46. The number of ketones is 1. The highest BCUT2D eigenvalue weighted by molar-refractivity contribution is 6.30. The van der Waals surface area contributed by atoms with Crippen LogP contribution in [0.1, 0.15) is 37.1 Å². The summed E-state index contributed by atoms with van der Waals surface area (Å²) < 4.78 is 0. The number of benzene rings is 2. The monoisotopic (exact) mass is 347 g/mol. The van der Waals surface area contributed by atoms with Crippen molar-refractivity contribution >= 4 is 29.0 Å². The second-order valence-electron chi connectivity index (χ2n) is 6.20. The van der Waals surface area contributed by atoms with E-state index in [9.17, 15) is 4.79 Å². The van der Waals surface area contributed by atoms with Gasteiger partial charge >= 0.3 is 0 Å². The zero-order valence-electron chi connectivity index (χ0n) is 13.1. The van der Waals surface area contributed by atoms with Gasteiger partial charge in [-0.05, 0) is 35.4 Å². The fraction of sp³-hybridized carbons (Fsp3) is 0.316. The second kappa shape index (κ2) is 6.64. The van der Waals surface area contributed by atoms with E-state index in [1.54, 1.807) is 0 Å². The van der Waals surface area contributed by atoms with E-state index in [0.29, 0.717) is 10.0 Å². The summed E-state index contributed by atoms with van der Waals surface area (Å²) in [6.45, 7) is 3.98. The van der Waals surface area contributed by atoms with Crippen LogP contribution >= 0.6 is 23.2 Å². The number of rotatable bonds is 2. The molecule has 4 atom stereocenters. The van der Waals surface area contributed by atoms with Gasteiger partial charge < -0.3 is 5.32 Å². The number of carbonyl (C=O) groups excluding carboxylic acids is 1. The Hall–Kier alpha value is -1.35. The third kappa shape index (κ3) is 3.30. The Balaban J connectivity index is 1.94. The molecule has 1 aliphatic rings. The third-order valence-electron chi connectivity index (χ3n) is 4.71. The van der Waals surface area contributed by atoms with Crippen molar-refractivity contribution in [1.29, 1.82) is 0 Å². The van der Waals surface area contributed by atoms with Crippen molar-refractivity contribution < 1.29 is 4.79 Å². The van der Waals surface area contributed by atoms with Gasteiger partial charge in [0.25, 0.3) is 0 Å². The van der Waals surface area contributed by atoms with Crippen LogP contribution in [0.4, 0.5) is 0 Å². The molecule has 1 fully saturated rings. The molecule has 2 nitrogen and oxygen atoms in total. The first-order valence-corrected chi connectivity index (χ1v) is 8.53. The smallest absolute Gasteiger partial charge is 0.142 e. The van der Waals surface area contributed by atoms with Crippen molar-refractivity contribution in [2.45, 2.75) is 25.9 Å². The van der Waals surface area contributed by atoms with E-state index in [0.717, 1.165) is 11.1 Å². The Labute approximate surface area is 146 Å². The zero-order valence-corrected chi connectivity index (χ0v) is 14.6. The molecule has 2 aromatic rings. The molecule has 4 heteroatoms. The Morgan fingerprint density at radius 1 is 0.739 bits per heavy atom. The summed E-state index contributed by atoms with van der Waals surface area (Å²) in [5.74, 6) is 0.133. The first-order valence-electron chi connectivity index (χ1n) is 7.78. The van der Waals surface area contributed by atoms with Crippen molar-refractivity contribution in [3.05, 3.63) is 69.7 Å². The molecule has 0 radical (unpaired) electrons. The standard InChI is InChI=1S/C19H19Cl2NO/c1-11-17(13-3-7-15(20)8-4-13)22-18(12(2)19(11)23)14-5-9-16(21)10-6-14/h3-12,17-18,22H,1-2H3/t11-,12-,17-,18-/m0/s1. The minimum atomic E-state index is -0.0743. The molecule has 1 saturated heterocycles. The molecule has 0 unspecified atom stereocenters. The summed E-state index contributed by atoms with van der Waals surface area (Å²) in [6, 6.07) is 15.4. The fourth-order valence-corrected chi connectivity index (χ4v) is 3.59. The van der Waals surface area contributed by atoms with E-state index >= 15 is 0 Å². The predicted molar refractivity (Wildman–Crippen MR) is 94.9 cm³/mol. The second-order valence-corrected chi connectivity index (χ2v) is 7.08. The number of piperidine rings is 1. The first kappa shape index (κ1) is 16.5. The molecule has 3 rings (SSSR count). The number of hydrogen-bond donors (Lipinski definition) is 1. The zero-order chi connectivity index (χ0) is 16.6. The summed E-state index contributed by atoms with van der Waals surface area (Å²) in [7, 11) is 0. The molecule has 23 heavy (non-hydrogen) atoms. The minimum absolute atomic E-state index is 0.0170. The molecular weight excluding hydrogens is 329 g/mol. The van der Waals surface area contributed by atoms with Crippen LogP contribution in [-0.2, 0) is 4.79 Å². The lowest BCUT2D eigenvalue weighted by Gasteiger charge is -2.39. The molecule has 1 heterocycles. The van der Waals surface area contributed by atoms with Gasteiger partial charge in [0.1, 0.15) is 5.78 Å². The average molecular weight is 348 g/mol. The Bertz CT molecular complexity index is 637. The van der Waals surface area contributed by atoms with Crippen LogP contribution in [-0.4, -0.2) is 5.78 Å². The van der Waals surface area contributed by atoms with Crippen LogP contribution in [0.3, 0.4) is 0 Å². The van der Waals surface area contributed by atoms with Gasteiger partial charge in [0.15, 0.2) is 0 Å². The first-order chi connectivity index (χ1) is 11.0. The van der Waals surface area contributed by atoms with E-state index in [4.69, 9.17) is 23.2 Å². The highest BCUT2D eigenvalue weighted by atomic mass is 35.5. The van der Waals surface area contributed by atoms with Gasteiger partial charge in [-0.1, -0.05) is 61.3 Å². The average Bonchev–Trinajstić information content (AvgIpc) is 2.55. The van der Waals surface area contributed by atoms with Gasteiger partial charge in [0.05, 0.1) is 0 Å². The van der Waals surface area contributed by atoms with E-state index < -0.39 is 0 Å². The van der Waals surface area contributed by atoms with Crippen molar-refractivity contribution in [2.24, 2.45) is 11.8 Å². The largest absolute Gasteiger partial charge is 0.302 e. The maximum absolute atomic E-state index is 12.7. The van der Waals surface area contributed by atoms with E-state index in [1.807, 2.05) is 62.4 Å². The Morgan fingerprint density at radius 3 is 1.43 bits per heavy atom. The Morgan fingerprint density at radius 2 is 1.09 bits per heavy atom. The molecule has 0 bridgehead atoms. The molecule has 2 aromatic carbocycles. The number of hydrogen-bond acceptors (Lipinski definition) is 2. The Kier molecular flexibility index (Phi) is 4.77. The molecule has 1 aliphatic heterocycles. The molecular formula is C19H19Cl2NO. The summed E-state index contributed by atoms with van der Waals surface area (Å²) in [5.41, 5.74) is 2.17. The molecule has 120 valence electrons. The number of Topliss-reactive ketones (excluding diaryl/α,β-unsaturated/α-hetero) is 1. The van der Waals surface area contributed by atoms with Crippen LogP contribution < -0.4 is 5.32 Å². The molecule has 0 aliphatic carbocycles. The van der Waals surface area contributed by atoms with Crippen molar-refractivity contribution in [3.63, 3.8) is 0 Å². The lowest BCUT2D eigenvalue weighted by atomic mass is 9.76. The van der Waals surface area contributed by atoms with Crippen LogP contribution in [0.5, 0.6) is 0 Å². The minimum Gasteiger partial charge on any atom is -0.302 e. The van der Waals surface area contributed by atoms with Crippen LogP contribution in [0.15, 0.2) is 48.5 Å². The molecule has 0 saturated carbocycles. The number of halogens is 2. The molecule has 0 amide bonds. The van der Waals surface area contributed by atoms with Gasteiger partial charge in [-0.3, -0.25) is 4.79 Å². The van der Waals surface area contributed by atoms with Crippen LogP contribution in [0.25, 0.3) is 0 Å². The quantitative estimate of drug-likeness (QED) is 0.806. The van der Waals surface area contributed by atoms with Gasteiger partial charge in [0.2, 0.25) is 0 Å². The maximum Gasteiger partial charge on any atom is 0.142 e. The summed E-state index contributed by atoms with van der Waals surface area (Å²) >= 11 is 12.0. The van der Waals surface area contributed by atoms with E-state index in [2.05, 4.69) is 5.32 Å². The van der Waals surface area contributed by atoms with Crippen LogP contribution in [0.2, 0.25) is 10.0 Å². The summed E-state index contributed by atoms with van der Waals surface area (Å²) in [6.07, 6.45) is 0. The maximum atomic E-state index is 12.7. The fourth-order valence-electron chi connectivity index (χ4n) is 3.34. The molecule has 1 N–H and O–H groups in total. The van der Waals surface area contributed by atoms with Gasteiger partial charge in [-0.15, -0.1) is 0 Å².